The summed E-state index contributed by atoms with van der Waals surface area (Å²) in [5.41, 5.74) is 1.25. The summed E-state index contributed by atoms with van der Waals surface area (Å²) in [6, 6.07) is 0. The SMILES string of the molecule is CC(C)C1CCN(CCNC(=O)c2ncc3nc[nH]c3n2)CC1. The molecular formula is C16H24N6O. The minimum Gasteiger partial charge on any atom is -0.348 e. The number of rotatable bonds is 5. The van der Waals surface area contributed by atoms with Crippen LogP contribution < -0.4 is 5.32 Å². The average molecular weight is 316 g/mol. The maximum absolute atomic E-state index is 12.1. The molecule has 2 aromatic heterocycles. The molecule has 0 aromatic carbocycles. The van der Waals surface area contributed by atoms with Crippen molar-refractivity contribution in [1.29, 1.82) is 0 Å². The molecule has 0 atom stereocenters. The standard InChI is InChI=1S/C16H24N6O/c1-11(2)12-3-6-22(7-4-12)8-5-17-16(23)15-18-9-13-14(21-15)20-10-19-13/h9-12H,3-8H2,1-2H3,(H,17,23)(H,18,19,20,21). The number of aromatic nitrogens is 4. The molecule has 1 amide bonds. The van der Waals surface area contributed by atoms with Crippen LogP contribution in [0.2, 0.25) is 0 Å². The highest BCUT2D eigenvalue weighted by molar-refractivity contribution is 5.91. The lowest BCUT2D eigenvalue weighted by Gasteiger charge is -2.33. The Morgan fingerprint density at radius 2 is 2.17 bits per heavy atom. The molecule has 0 saturated carbocycles. The quantitative estimate of drug-likeness (QED) is 0.872. The zero-order valence-corrected chi connectivity index (χ0v) is 13.7. The number of hydrogen-bond donors (Lipinski definition) is 2. The number of H-pyrrole nitrogens is 1. The third-order valence-electron chi connectivity index (χ3n) is 4.67. The summed E-state index contributed by atoms with van der Waals surface area (Å²) in [7, 11) is 0. The van der Waals surface area contributed by atoms with Gasteiger partial charge in [0.25, 0.3) is 5.91 Å². The largest absolute Gasteiger partial charge is 0.348 e. The molecule has 1 fully saturated rings. The first kappa shape index (κ1) is 15.9. The predicted molar refractivity (Wildman–Crippen MR) is 88.0 cm³/mol. The molecule has 1 aliphatic rings. The smallest absolute Gasteiger partial charge is 0.289 e. The highest BCUT2D eigenvalue weighted by Gasteiger charge is 2.21. The topological polar surface area (TPSA) is 86.8 Å². The number of nitrogens with one attached hydrogen (secondary N) is 2. The Morgan fingerprint density at radius 3 is 2.91 bits per heavy atom. The number of aromatic amines is 1. The van der Waals surface area contributed by atoms with Gasteiger partial charge in [-0.05, 0) is 37.8 Å². The molecule has 1 saturated heterocycles. The molecule has 0 spiro atoms. The van der Waals surface area contributed by atoms with Crippen LogP contribution in [0, 0.1) is 11.8 Å². The van der Waals surface area contributed by atoms with Gasteiger partial charge in [-0.15, -0.1) is 0 Å². The molecule has 0 aliphatic carbocycles. The van der Waals surface area contributed by atoms with Crippen LogP contribution in [0.3, 0.4) is 0 Å². The van der Waals surface area contributed by atoms with E-state index in [4.69, 9.17) is 0 Å². The molecule has 2 aromatic rings. The third-order valence-corrected chi connectivity index (χ3v) is 4.67. The molecule has 23 heavy (non-hydrogen) atoms. The second kappa shape index (κ2) is 7.04. The van der Waals surface area contributed by atoms with E-state index in [0.717, 1.165) is 31.5 Å². The lowest BCUT2D eigenvalue weighted by Crippen LogP contribution is -2.40. The van der Waals surface area contributed by atoms with Crippen LogP contribution in [-0.4, -0.2) is 56.9 Å². The highest BCUT2D eigenvalue weighted by atomic mass is 16.2. The van der Waals surface area contributed by atoms with Gasteiger partial charge in [-0.2, -0.15) is 0 Å². The van der Waals surface area contributed by atoms with E-state index in [1.54, 1.807) is 12.5 Å². The zero-order chi connectivity index (χ0) is 16.2. The number of carbonyl (C=O) groups excluding carboxylic acids is 1. The Morgan fingerprint density at radius 1 is 1.39 bits per heavy atom. The Kier molecular flexibility index (Phi) is 4.85. The van der Waals surface area contributed by atoms with E-state index in [1.165, 1.54) is 12.8 Å². The molecule has 124 valence electrons. The van der Waals surface area contributed by atoms with Crippen LogP contribution in [0.1, 0.15) is 37.3 Å². The number of likely N-dealkylation sites (tertiary alicyclic amines) is 1. The van der Waals surface area contributed by atoms with Gasteiger partial charge >= 0.3 is 0 Å². The van der Waals surface area contributed by atoms with Crippen LogP contribution in [0.25, 0.3) is 11.2 Å². The highest BCUT2D eigenvalue weighted by Crippen LogP contribution is 2.23. The molecule has 2 N–H and O–H groups in total. The Bertz CT molecular complexity index is 659. The first-order chi connectivity index (χ1) is 11.1. The van der Waals surface area contributed by atoms with Gasteiger partial charge in [0, 0.05) is 13.1 Å². The van der Waals surface area contributed by atoms with Gasteiger partial charge in [-0.3, -0.25) is 4.79 Å². The maximum Gasteiger partial charge on any atom is 0.289 e. The number of carbonyl (C=O) groups is 1. The molecule has 0 radical (unpaired) electrons. The van der Waals surface area contributed by atoms with Crippen LogP contribution in [0.4, 0.5) is 0 Å². The summed E-state index contributed by atoms with van der Waals surface area (Å²) in [5.74, 6) is 1.56. The molecule has 7 nitrogen and oxygen atoms in total. The third kappa shape index (κ3) is 3.85. The average Bonchev–Trinajstić information content (AvgIpc) is 3.02. The summed E-state index contributed by atoms with van der Waals surface area (Å²) >= 11 is 0. The summed E-state index contributed by atoms with van der Waals surface area (Å²) in [5, 5.41) is 2.90. The minimum atomic E-state index is -0.237. The van der Waals surface area contributed by atoms with E-state index in [9.17, 15) is 4.79 Å². The number of amides is 1. The van der Waals surface area contributed by atoms with E-state index >= 15 is 0 Å². The van der Waals surface area contributed by atoms with Gasteiger partial charge in [-0.25, -0.2) is 15.0 Å². The number of hydrogen-bond acceptors (Lipinski definition) is 5. The van der Waals surface area contributed by atoms with Crippen molar-refractivity contribution in [3.8, 4) is 0 Å². The first-order valence-electron chi connectivity index (χ1n) is 8.30. The first-order valence-corrected chi connectivity index (χ1v) is 8.30. The number of fused-ring (bicyclic) bond motifs is 1. The summed E-state index contributed by atoms with van der Waals surface area (Å²) in [6.45, 7) is 8.34. The van der Waals surface area contributed by atoms with Gasteiger partial charge in [0.15, 0.2) is 5.65 Å². The van der Waals surface area contributed by atoms with Crippen LogP contribution in [0.5, 0.6) is 0 Å². The van der Waals surface area contributed by atoms with Gasteiger partial charge < -0.3 is 15.2 Å². The van der Waals surface area contributed by atoms with E-state index in [0.29, 0.717) is 17.7 Å². The van der Waals surface area contributed by atoms with Crippen LogP contribution >= 0.6 is 0 Å². The van der Waals surface area contributed by atoms with Crippen molar-refractivity contribution < 1.29 is 4.79 Å². The van der Waals surface area contributed by atoms with Crippen molar-refractivity contribution in [2.75, 3.05) is 26.2 Å². The van der Waals surface area contributed by atoms with Crippen molar-refractivity contribution in [3.05, 3.63) is 18.3 Å². The molecule has 1 aliphatic heterocycles. The fourth-order valence-electron chi connectivity index (χ4n) is 3.10. The lowest BCUT2D eigenvalue weighted by atomic mass is 9.87. The summed E-state index contributed by atoms with van der Waals surface area (Å²) in [6.07, 6.45) is 5.61. The fourth-order valence-corrected chi connectivity index (χ4v) is 3.10. The van der Waals surface area contributed by atoms with Crippen LogP contribution in [0.15, 0.2) is 12.5 Å². The normalized spacial score (nSPS) is 17.0. The Balaban J connectivity index is 1.44. The molecular weight excluding hydrogens is 292 g/mol. The number of nitrogens with zero attached hydrogens (tertiary/aromatic N) is 4. The van der Waals surface area contributed by atoms with Crippen molar-refractivity contribution in [2.45, 2.75) is 26.7 Å². The van der Waals surface area contributed by atoms with Crippen molar-refractivity contribution >= 4 is 17.1 Å². The van der Waals surface area contributed by atoms with Gasteiger partial charge in [0.1, 0.15) is 5.52 Å². The molecule has 0 bridgehead atoms. The zero-order valence-electron chi connectivity index (χ0n) is 13.7. The molecule has 3 rings (SSSR count). The number of imidazole rings is 1. The van der Waals surface area contributed by atoms with Crippen molar-refractivity contribution in [1.82, 2.24) is 30.2 Å². The second-order valence-electron chi connectivity index (χ2n) is 6.51. The number of piperidine rings is 1. The van der Waals surface area contributed by atoms with Crippen molar-refractivity contribution in [3.63, 3.8) is 0 Å². The van der Waals surface area contributed by atoms with E-state index in [-0.39, 0.29) is 11.7 Å². The van der Waals surface area contributed by atoms with Gasteiger partial charge in [-0.1, -0.05) is 13.8 Å². The lowest BCUT2D eigenvalue weighted by molar-refractivity contribution is 0.0931. The van der Waals surface area contributed by atoms with Crippen molar-refractivity contribution in [2.24, 2.45) is 11.8 Å². The van der Waals surface area contributed by atoms with Gasteiger partial charge in [0.05, 0.1) is 12.5 Å². The maximum atomic E-state index is 12.1. The predicted octanol–water partition coefficient (Wildman–Crippen LogP) is 1.45. The summed E-state index contributed by atoms with van der Waals surface area (Å²) in [4.78, 5) is 29.7. The van der Waals surface area contributed by atoms with Gasteiger partial charge in [0.2, 0.25) is 5.82 Å². The Labute approximate surface area is 135 Å². The second-order valence-corrected chi connectivity index (χ2v) is 6.51. The monoisotopic (exact) mass is 316 g/mol. The Hall–Kier alpha value is -2.02. The van der Waals surface area contributed by atoms with E-state index in [2.05, 4.69) is 44.0 Å². The minimum absolute atomic E-state index is 0.181. The molecule has 0 unspecified atom stereocenters. The summed E-state index contributed by atoms with van der Waals surface area (Å²) < 4.78 is 0. The van der Waals surface area contributed by atoms with E-state index < -0.39 is 0 Å². The molecule has 7 heteroatoms. The fraction of sp³-hybridized carbons (Fsp3) is 0.625. The van der Waals surface area contributed by atoms with E-state index in [1.807, 2.05) is 0 Å². The molecule has 3 heterocycles. The van der Waals surface area contributed by atoms with Crippen LogP contribution in [-0.2, 0) is 0 Å².